The molecule has 1 N–H and O–H groups in total. The number of anilines is 2. The second kappa shape index (κ2) is 8.78. The number of nitrogens with zero attached hydrogens (tertiary/aromatic N) is 3. The van der Waals surface area contributed by atoms with Crippen LogP contribution in [0.25, 0.3) is 20.4 Å². The number of amides is 1. The molecule has 1 aliphatic rings. The molecule has 1 saturated heterocycles. The molecular formula is C25H27FN4O2S2. The van der Waals surface area contributed by atoms with E-state index < -0.39 is 5.60 Å². The molecule has 178 valence electrons. The topological polar surface area (TPSA) is 67.4 Å². The van der Waals surface area contributed by atoms with Crippen molar-refractivity contribution in [3.05, 3.63) is 46.7 Å². The van der Waals surface area contributed by atoms with E-state index >= 15 is 0 Å². The van der Waals surface area contributed by atoms with Gasteiger partial charge in [0, 0.05) is 35.0 Å². The van der Waals surface area contributed by atoms with E-state index in [1.807, 2.05) is 37.8 Å². The number of ether oxygens (including phenoxy) is 1. The van der Waals surface area contributed by atoms with E-state index in [2.05, 4.69) is 28.3 Å². The SMILES string of the molecule is CC1C(c2cc3c(Nc4ccc5scnc5c4F)ccnc3s2)CCCN1C(=O)OC(C)(C)C. The third-order valence-electron chi connectivity index (χ3n) is 6.15. The average molecular weight is 499 g/mol. The molecule has 2 atom stereocenters. The molecule has 4 heterocycles. The van der Waals surface area contributed by atoms with Crippen LogP contribution in [0.15, 0.2) is 36.0 Å². The van der Waals surface area contributed by atoms with Crippen LogP contribution in [0.4, 0.5) is 20.6 Å². The van der Waals surface area contributed by atoms with Gasteiger partial charge >= 0.3 is 6.09 Å². The lowest BCUT2D eigenvalue weighted by atomic mass is 9.89. The van der Waals surface area contributed by atoms with Gasteiger partial charge in [0.1, 0.15) is 15.9 Å². The first kappa shape index (κ1) is 23.0. The molecule has 0 spiro atoms. The fraction of sp³-hybridized carbons (Fsp3) is 0.400. The molecule has 0 saturated carbocycles. The number of hydrogen-bond acceptors (Lipinski definition) is 7. The minimum Gasteiger partial charge on any atom is -0.444 e. The summed E-state index contributed by atoms with van der Waals surface area (Å²) >= 11 is 3.05. The molecule has 6 nitrogen and oxygen atoms in total. The fourth-order valence-electron chi connectivity index (χ4n) is 4.49. The van der Waals surface area contributed by atoms with E-state index in [9.17, 15) is 9.18 Å². The number of piperidine rings is 1. The Hall–Kier alpha value is -2.78. The van der Waals surface area contributed by atoms with E-state index in [0.717, 1.165) is 33.4 Å². The number of thiazole rings is 1. The number of aromatic nitrogens is 2. The quantitative estimate of drug-likeness (QED) is 0.321. The van der Waals surface area contributed by atoms with Crippen molar-refractivity contribution >= 4 is 60.6 Å². The number of nitrogens with one attached hydrogen (secondary N) is 1. The summed E-state index contributed by atoms with van der Waals surface area (Å²) in [6, 6.07) is 7.63. The number of rotatable bonds is 3. The Kier molecular flexibility index (Phi) is 5.93. The highest BCUT2D eigenvalue weighted by Crippen LogP contribution is 2.41. The lowest BCUT2D eigenvalue weighted by molar-refractivity contribution is 0.00911. The maximum atomic E-state index is 15.0. The molecule has 1 aromatic carbocycles. The van der Waals surface area contributed by atoms with Crippen molar-refractivity contribution in [1.82, 2.24) is 14.9 Å². The standard InChI is InChI=1S/C25H27FN4O2S2/c1-14-15(6-5-11-30(14)24(31)32-25(2,3)4)20-12-16-17(9-10-27-23(16)34-20)29-18-7-8-19-22(21(18)26)28-13-33-19/h7-10,12-15H,5-6,11H2,1-4H3,(H,27,29). The van der Waals surface area contributed by atoms with Crippen LogP contribution in [0.2, 0.25) is 0 Å². The van der Waals surface area contributed by atoms with Gasteiger partial charge in [0.25, 0.3) is 0 Å². The maximum absolute atomic E-state index is 15.0. The summed E-state index contributed by atoms with van der Waals surface area (Å²) < 4.78 is 21.5. The summed E-state index contributed by atoms with van der Waals surface area (Å²) in [6.07, 6.45) is 3.38. The van der Waals surface area contributed by atoms with E-state index in [4.69, 9.17) is 4.74 Å². The van der Waals surface area contributed by atoms with Gasteiger partial charge in [-0.15, -0.1) is 22.7 Å². The summed E-state index contributed by atoms with van der Waals surface area (Å²) in [4.78, 5) is 25.4. The highest BCUT2D eigenvalue weighted by molar-refractivity contribution is 7.18. The van der Waals surface area contributed by atoms with E-state index in [-0.39, 0.29) is 23.9 Å². The molecule has 2 unspecified atom stereocenters. The Bertz CT molecular complexity index is 1360. The number of carbonyl (C=O) groups excluding carboxylic acids is 1. The Balaban J connectivity index is 1.44. The Morgan fingerprint density at radius 3 is 2.85 bits per heavy atom. The zero-order valence-electron chi connectivity index (χ0n) is 19.6. The van der Waals surface area contributed by atoms with Crippen LogP contribution in [-0.2, 0) is 4.74 Å². The minimum absolute atomic E-state index is 0.0117. The van der Waals surface area contributed by atoms with E-state index in [0.29, 0.717) is 17.7 Å². The van der Waals surface area contributed by atoms with Gasteiger partial charge in [-0.2, -0.15) is 0 Å². The molecule has 1 amide bonds. The molecule has 0 bridgehead atoms. The molecule has 4 aromatic rings. The summed E-state index contributed by atoms with van der Waals surface area (Å²) in [5, 5.41) is 4.20. The lowest BCUT2D eigenvalue weighted by Gasteiger charge is -2.39. The van der Waals surface area contributed by atoms with Crippen molar-refractivity contribution in [2.24, 2.45) is 0 Å². The van der Waals surface area contributed by atoms with Gasteiger partial charge in [0.2, 0.25) is 0 Å². The van der Waals surface area contributed by atoms with Crippen LogP contribution in [-0.4, -0.2) is 39.1 Å². The van der Waals surface area contributed by atoms with Crippen molar-refractivity contribution in [3.63, 3.8) is 0 Å². The molecule has 1 fully saturated rings. The lowest BCUT2D eigenvalue weighted by Crippen LogP contribution is -2.47. The first-order chi connectivity index (χ1) is 16.2. The number of fused-ring (bicyclic) bond motifs is 2. The number of hydrogen-bond donors (Lipinski definition) is 1. The number of likely N-dealkylation sites (tertiary alicyclic amines) is 1. The average Bonchev–Trinajstić information content (AvgIpc) is 3.42. The molecule has 34 heavy (non-hydrogen) atoms. The van der Waals surface area contributed by atoms with Crippen molar-refractivity contribution in [2.45, 2.75) is 58.1 Å². The van der Waals surface area contributed by atoms with Crippen molar-refractivity contribution in [3.8, 4) is 0 Å². The number of pyridine rings is 1. The number of benzene rings is 1. The summed E-state index contributed by atoms with van der Waals surface area (Å²) in [6.45, 7) is 8.44. The number of thiophene rings is 1. The Morgan fingerprint density at radius 1 is 1.24 bits per heavy atom. The predicted octanol–water partition coefficient (Wildman–Crippen LogP) is 7.29. The Morgan fingerprint density at radius 2 is 2.06 bits per heavy atom. The summed E-state index contributed by atoms with van der Waals surface area (Å²) in [5.74, 6) is -0.163. The molecule has 1 aliphatic heterocycles. The van der Waals surface area contributed by atoms with Gasteiger partial charge in [-0.3, -0.25) is 0 Å². The first-order valence-electron chi connectivity index (χ1n) is 11.4. The van der Waals surface area contributed by atoms with Crippen LogP contribution in [0.5, 0.6) is 0 Å². The van der Waals surface area contributed by atoms with E-state index in [1.165, 1.54) is 16.2 Å². The Labute approximate surface area is 205 Å². The second-order valence-electron chi connectivity index (χ2n) is 9.64. The minimum atomic E-state index is -0.525. The van der Waals surface area contributed by atoms with Gasteiger partial charge in [0.05, 0.1) is 21.6 Å². The number of carbonyl (C=O) groups is 1. The highest BCUT2D eigenvalue weighted by Gasteiger charge is 2.35. The normalized spacial score (nSPS) is 19.0. The van der Waals surface area contributed by atoms with E-state index in [1.54, 1.807) is 29.1 Å². The summed E-state index contributed by atoms with van der Waals surface area (Å²) in [7, 11) is 0. The van der Waals surface area contributed by atoms with Gasteiger partial charge in [-0.25, -0.2) is 19.2 Å². The van der Waals surface area contributed by atoms with Gasteiger partial charge in [-0.05, 0) is 64.8 Å². The molecule has 0 aliphatic carbocycles. The van der Waals surface area contributed by atoms with Gasteiger partial charge in [-0.1, -0.05) is 0 Å². The predicted molar refractivity (Wildman–Crippen MR) is 137 cm³/mol. The molecule has 0 radical (unpaired) electrons. The zero-order chi connectivity index (χ0) is 24.0. The van der Waals surface area contributed by atoms with Crippen LogP contribution in [0.3, 0.4) is 0 Å². The van der Waals surface area contributed by atoms with Gasteiger partial charge < -0.3 is 15.0 Å². The molecular weight excluding hydrogens is 471 g/mol. The number of halogens is 1. The second-order valence-corrected chi connectivity index (χ2v) is 11.6. The van der Waals surface area contributed by atoms with Crippen LogP contribution >= 0.6 is 22.7 Å². The highest BCUT2D eigenvalue weighted by atomic mass is 32.1. The zero-order valence-corrected chi connectivity index (χ0v) is 21.2. The van der Waals surface area contributed by atoms with Gasteiger partial charge in [0.15, 0.2) is 5.82 Å². The largest absolute Gasteiger partial charge is 0.444 e. The third kappa shape index (κ3) is 4.34. The monoisotopic (exact) mass is 498 g/mol. The van der Waals surface area contributed by atoms with Crippen molar-refractivity contribution in [1.29, 1.82) is 0 Å². The van der Waals surface area contributed by atoms with Crippen molar-refractivity contribution in [2.75, 3.05) is 11.9 Å². The smallest absolute Gasteiger partial charge is 0.410 e. The molecule has 3 aromatic heterocycles. The third-order valence-corrected chi connectivity index (χ3v) is 8.12. The molecule has 9 heteroatoms. The first-order valence-corrected chi connectivity index (χ1v) is 13.1. The van der Waals surface area contributed by atoms with Crippen LogP contribution in [0, 0.1) is 5.82 Å². The fourth-order valence-corrected chi connectivity index (χ4v) is 6.42. The molecule has 5 rings (SSSR count). The van der Waals surface area contributed by atoms with Crippen LogP contribution < -0.4 is 5.32 Å². The summed E-state index contributed by atoms with van der Waals surface area (Å²) in [5.41, 5.74) is 2.70. The van der Waals surface area contributed by atoms with Crippen LogP contribution in [0.1, 0.15) is 51.3 Å². The van der Waals surface area contributed by atoms with Crippen molar-refractivity contribution < 1.29 is 13.9 Å². The maximum Gasteiger partial charge on any atom is 0.410 e.